The number of ether oxygens (including phenoxy) is 1. The van der Waals surface area contributed by atoms with Gasteiger partial charge in [0.05, 0.1) is 0 Å². The number of Topliss-reactive ketones (excluding diaryl/α,β-unsaturated/α-hetero) is 1. The van der Waals surface area contributed by atoms with E-state index in [0.717, 1.165) is 0 Å². The van der Waals surface area contributed by atoms with Crippen molar-refractivity contribution in [3.63, 3.8) is 0 Å². The van der Waals surface area contributed by atoms with Gasteiger partial charge in [0.1, 0.15) is 0 Å². The van der Waals surface area contributed by atoms with Gasteiger partial charge in [0.25, 0.3) is 0 Å². The molecule has 0 radical (unpaired) electrons. The molecule has 3 nitrogen and oxygen atoms in total. The van der Waals surface area contributed by atoms with Crippen molar-refractivity contribution in [1.82, 2.24) is 0 Å². The summed E-state index contributed by atoms with van der Waals surface area (Å²) < 4.78 is 4.84. The van der Waals surface area contributed by atoms with Crippen LogP contribution in [0.4, 0.5) is 0 Å². The molecular weight excluding hydrogens is 156 g/mol. The Morgan fingerprint density at radius 2 is 2.33 bits per heavy atom. The van der Waals surface area contributed by atoms with Crippen LogP contribution in [0.5, 0.6) is 0 Å². The van der Waals surface area contributed by atoms with Crippen molar-refractivity contribution in [1.29, 1.82) is 0 Å². The number of esters is 1. The van der Waals surface area contributed by atoms with Crippen molar-refractivity contribution >= 4 is 11.8 Å². The number of carbonyl (C=O) groups is 2. The molecule has 0 bridgehead atoms. The Bertz CT molecular complexity index is 196. The van der Waals surface area contributed by atoms with E-state index in [-0.39, 0.29) is 11.8 Å². The minimum absolute atomic E-state index is 0.0656. The number of ketones is 1. The maximum absolute atomic E-state index is 11.3. The number of carbonyl (C=O) groups excluding carboxylic acids is 2. The molecule has 0 spiro atoms. The van der Waals surface area contributed by atoms with Crippen LogP contribution in [0, 0.1) is 5.92 Å². The average molecular weight is 170 g/mol. The predicted molar refractivity (Wildman–Crippen MR) is 43.6 cm³/mol. The van der Waals surface area contributed by atoms with Crippen LogP contribution in [-0.4, -0.2) is 17.9 Å². The molecule has 68 valence electrons. The van der Waals surface area contributed by atoms with E-state index in [1.54, 1.807) is 0 Å². The summed E-state index contributed by atoms with van der Waals surface area (Å²) in [6.45, 7) is 3.96. The van der Waals surface area contributed by atoms with E-state index >= 15 is 0 Å². The standard InChI is InChI=1S/C9H14O3/c1-6(2)5-7(10)8-3-4-9(11)12-8/h6,8H,3-5H2,1-2H3. The Morgan fingerprint density at radius 3 is 2.75 bits per heavy atom. The van der Waals surface area contributed by atoms with E-state index in [1.807, 2.05) is 13.8 Å². The fraction of sp³-hybridized carbons (Fsp3) is 0.778. The number of rotatable bonds is 3. The van der Waals surface area contributed by atoms with Gasteiger partial charge in [-0.3, -0.25) is 9.59 Å². The minimum Gasteiger partial charge on any atom is -0.454 e. The Balaban J connectivity index is 2.38. The molecule has 0 N–H and O–H groups in total. The Hall–Kier alpha value is -0.860. The lowest BCUT2D eigenvalue weighted by molar-refractivity contribution is -0.147. The number of cyclic esters (lactones) is 1. The summed E-state index contributed by atoms with van der Waals surface area (Å²) in [4.78, 5) is 22.0. The normalized spacial score (nSPS) is 22.9. The van der Waals surface area contributed by atoms with Crippen LogP contribution in [0.15, 0.2) is 0 Å². The van der Waals surface area contributed by atoms with Gasteiger partial charge >= 0.3 is 5.97 Å². The van der Waals surface area contributed by atoms with E-state index in [4.69, 9.17) is 4.74 Å². The molecule has 1 fully saturated rings. The third kappa shape index (κ3) is 2.32. The highest BCUT2D eigenvalue weighted by Gasteiger charge is 2.29. The molecule has 1 unspecified atom stereocenters. The summed E-state index contributed by atoms with van der Waals surface area (Å²) in [7, 11) is 0. The molecule has 0 amide bonds. The van der Waals surface area contributed by atoms with Crippen LogP contribution in [0.2, 0.25) is 0 Å². The zero-order chi connectivity index (χ0) is 9.14. The Labute approximate surface area is 72.1 Å². The van der Waals surface area contributed by atoms with Gasteiger partial charge in [-0.2, -0.15) is 0 Å². The topological polar surface area (TPSA) is 43.4 Å². The number of hydrogen-bond acceptors (Lipinski definition) is 3. The molecule has 12 heavy (non-hydrogen) atoms. The second kappa shape index (κ2) is 3.70. The first-order valence-electron chi connectivity index (χ1n) is 4.32. The minimum atomic E-state index is -0.445. The first kappa shape index (κ1) is 9.23. The highest BCUT2D eigenvalue weighted by molar-refractivity contribution is 5.88. The first-order chi connectivity index (χ1) is 5.59. The third-order valence-corrected chi connectivity index (χ3v) is 1.85. The fourth-order valence-electron chi connectivity index (χ4n) is 1.29. The average Bonchev–Trinajstić information content (AvgIpc) is 2.34. The van der Waals surface area contributed by atoms with Gasteiger partial charge < -0.3 is 4.74 Å². The van der Waals surface area contributed by atoms with Crippen LogP contribution in [0.3, 0.4) is 0 Å². The third-order valence-electron chi connectivity index (χ3n) is 1.85. The van der Waals surface area contributed by atoms with Crippen molar-refractivity contribution in [3.05, 3.63) is 0 Å². The molecule has 3 heteroatoms. The van der Waals surface area contributed by atoms with Crippen LogP contribution in [0.1, 0.15) is 33.1 Å². The van der Waals surface area contributed by atoms with Crippen LogP contribution < -0.4 is 0 Å². The molecule has 1 atom stereocenters. The number of hydrogen-bond donors (Lipinski definition) is 0. The molecule has 1 aliphatic heterocycles. The van der Waals surface area contributed by atoms with Crippen molar-refractivity contribution in [2.75, 3.05) is 0 Å². The van der Waals surface area contributed by atoms with Gasteiger partial charge in [0, 0.05) is 19.3 Å². The quantitative estimate of drug-likeness (QED) is 0.600. The molecule has 1 saturated heterocycles. The molecular formula is C9H14O3. The van der Waals surface area contributed by atoms with Crippen LogP contribution in [-0.2, 0) is 14.3 Å². The molecule has 0 aliphatic carbocycles. The van der Waals surface area contributed by atoms with Crippen molar-refractivity contribution in [2.45, 2.75) is 39.2 Å². The summed E-state index contributed by atoms with van der Waals surface area (Å²) in [5.41, 5.74) is 0. The summed E-state index contributed by atoms with van der Waals surface area (Å²) in [5, 5.41) is 0. The van der Waals surface area contributed by atoms with E-state index in [9.17, 15) is 9.59 Å². The smallest absolute Gasteiger partial charge is 0.306 e. The highest BCUT2D eigenvalue weighted by Crippen LogP contribution is 2.17. The lowest BCUT2D eigenvalue weighted by Gasteiger charge is -2.08. The SMILES string of the molecule is CC(C)CC(=O)C1CCC(=O)O1. The maximum Gasteiger partial charge on any atom is 0.306 e. The van der Waals surface area contributed by atoms with Gasteiger partial charge in [-0.1, -0.05) is 13.8 Å². The van der Waals surface area contributed by atoms with Gasteiger partial charge in [-0.15, -0.1) is 0 Å². The maximum atomic E-state index is 11.3. The zero-order valence-electron chi connectivity index (χ0n) is 7.50. The fourth-order valence-corrected chi connectivity index (χ4v) is 1.29. The largest absolute Gasteiger partial charge is 0.454 e. The Morgan fingerprint density at radius 1 is 1.67 bits per heavy atom. The lowest BCUT2D eigenvalue weighted by Crippen LogP contribution is -2.21. The molecule has 1 heterocycles. The molecule has 1 rings (SSSR count). The Kier molecular flexibility index (Phi) is 2.84. The molecule has 0 aromatic heterocycles. The van der Waals surface area contributed by atoms with Gasteiger partial charge in [0.2, 0.25) is 0 Å². The molecule has 1 aliphatic rings. The predicted octanol–water partition coefficient (Wildman–Crippen LogP) is 1.31. The molecule has 0 aromatic rings. The highest BCUT2D eigenvalue weighted by atomic mass is 16.6. The van der Waals surface area contributed by atoms with E-state index < -0.39 is 6.10 Å². The summed E-state index contributed by atoms with van der Waals surface area (Å²) >= 11 is 0. The van der Waals surface area contributed by atoms with Crippen molar-refractivity contribution in [3.8, 4) is 0 Å². The second-order valence-corrected chi connectivity index (χ2v) is 3.58. The molecule has 0 aromatic carbocycles. The zero-order valence-corrected chi connectivity index (χ0v) is 7.50. The van der Waals surface area contributed by atoms with Crippen molar-refractivity contribution in [2.24, 2.45) is 5.92 Å². The van der Waals surface area contributed by atoms with E-state index in [0.29, 0.717) is 25.2 Å². The van der Waals surface area contributed by atoms with Crippen molar-refractivity contribution < 1.29 is 14.3 Å². The summed E-state index contributed by atoms with van der Waals surface area (Å²) in [5.74, 6) is 0.171. The lowest BCUT2D eigenvalue weighted by atomic mass is 10.0. The van der Waals surface area contributed by atoms with Gasteiger partial charge in [-0.05, 0) is 5.92 Å². The second-order valence-electron chi connectivity index (χ2n) is 3.58. The molecule has 0 saturated carbocycles. The monoisotopic (exact) mass is 170 g/mol. The van der Waals surface area contributed by atoms with E-state index in [2.05, 4.69) is 0 Å². The summed E-state index contributed by atoms with van der Waals surface area (Å²) in [6.07, 6.45) is 1.04. The summed E-state index contributed by atoms with van der Waals surface area (Å²) in [6, 6.07) is 0. The van der Waals surface area contributed by atoms with Gasteiger partial charge in [-0.25, -0.2) is 0 Å². The first-order valence-corrected chi connectivity index (χ1v) is 4.32. The van der Waals surface area contributed by atoms with Gasteiger partial charge in [0.15, 0.2) is 11.9 Å². The van der Waals surface area contributed by atoms with Crippen LogP contribution in [0.25, 0.3) is 0 Å². The van der Waals surface area contributed by atoms with Crippen LogP contribution >= 0.6 is 0 Å². The van der Waals surface area contributed by atoms with E-state index in [1.165, 1.54) is 0 Å².